The van der Waals surface area contributed by atoms with E-state index in [2.05, 4.69) is 31.9 Å². The Bertz CT molecular complexity index is 843. The maximum absolute atomic E-state index is 13.2. The molecular weight excluding hydrogens is 500 g/mol. The fourth-order valence-electron chi connectivity index (χ4n) is 9.37. The lowest BCUT2D eigenvalue weighted by atomic mass is 9.49. The van der Waals surface area contributed by atoms with Gasteiger partial charge in [0, 0.05) is 5.41 Å². The van der Waals surface area contributed by atoms with Gasteiger partial charge in [-0.2, -0.15) is 0 Å². The summed E-state index contributed by atoms with van der Waals surface area (Å²) in [6.45, 7) is 4.62. The monoisotopic (exact) mass is 556 g/mol. The smallest absolute Gasteiger partial charge is 0.325 e. The zero-order valence-corrected chi connectivity index (χ0v) is 26.0. The molecule has 0 radical (unpaired) electrons. The van der Waals surface area contributed by atoms with Crippen LogP contribution in [0.25, 0.3) is 0 Å². The molecule has 0 aromatic carbocycles. The molecule has 8 atom stereocenters. The predicted octanol–water partition coefficient (Wildman–Crippen LogP) is 10.4. The molecule has 0 bridgehead atoms. The van der Waals surface area contributed by atoms with Crippen LogP contribution >= 0.6 is 11.6 Å². The summed E-state index contributed by atoms with van der Waals surface area (Å²) in [5.74, 6) is 6.64. The van der Waals surface area contributed by atoms with Crippen molar-refractivity contribution in [2.75, 3.05) is 0 Å². The van der Waals surface area contributed by atoms with Crippen LogP contribution in [0.4, 0.5) is 0 Å². The maximum atomic E-state index is 13.2. The Morgan fingerprint density at radius 3 is 2.18 bits per heavy atom. The molecule has 4 rings (SSSR count). The highest BCUT2D eigenvalue weighted by molar-refractivity contribution is 6.29. The van der Waals surface area contributed by atoms with Crippen molar-refractivity contribution in [3.05, 3.63) is 12.2 Å². The van der Waals surface area contributed by atoms with Crippen LogP contribution in [0.15, 0.2) is 12.2 Å². The van der Waals surface area contributed by atoms with E-state index in [-0.39, 0.29) is 11.4 Å². The van der Waals surface area contributed by atoms with Crippen LogP contribution in [0, 0.1) is 47.3 Å². The van der Waals surface area contributed by atoms with Gasteiger partial charge < -0.3 is 4.74 Å². The van der Waals surface area contributed by atoms with Crippen molar-refractivity contribution in [1.82, 2.24) is 0 Å². The molecule has 0 N–H and O–H groups in total. The largest absolute Gasteiger partial charge is 0.444 e. The van der Waals surface area contributed by atoms with Gasteiger partial charge in [-0.15, -0.1) is 18.0 Å². The van der Waals surface area contributed by atoms with E-state index in [4.69, 9.17) is 22.8 Å². The minimum atomic E-state index is -0.785. The Balaban J connectivity index is 1.19. The molecule has 39 heavy (non-hydrogen) atoms. The summed E-state index contributed by atoms with van der Waals surface area (Å²) in [6.07, 6.45) is 36.9. The van der Waals surface area contributed by atoms with Crippen LogP contribution in [0.5, 0.6) is 0 Å². The third-order valence-electron chi connectivity index (χ3n) is 11.7. The molecule has 0 heterocycles. The molecule has 3 fully saturated rings. The van der Waals surface area contributed by atoms with E-state index >= 15 is 0 Å². The second-order valence-corrected chi connectivity index (χ2v) is 14.4. The molecule has 0 aromatic heterocycles. The summed E-state index contributed by atoms with van der Waals surface area (Å²) >= 11 is 6.62. The van der Waals surface area contributed by atoms with Gasteiger partial charge in [0.1, 0.15) is 5.38 Å². The SMILES string of the molecule is C#C[C@]1(OC(=O)C(Cl)CCCCCCCCCCCCCC)CC[C@H]2[C@@H]3CCC4CC=CC[C@@H]4[C@H]3CC[C@@]21C. The van der Waals surface area contributed by atoms with Crippen LogP contribution in [0.2, 0.25) is 0 Å². The van der Waals surface area contributed by atoms with Crippen molar-refractivity contribution < 1.29 is 9.53 Å². The first kappa shape index (κ1) is 31.0. The fourth-order valence-corrected chi connectivity index (χ4v) is 9.57. The van der Waals surface area contributed by atoms with Gasteiger partial charge in [0.05, 0.1) is 0 Å². The van der Waals surface area contributed by atoms with E-state index in [1.54, 1.807) is 0 Å². The number of alkyl halides is 1. The number of rotatable bonds is 15. The summed E-state index contributed by atoms with van der Waals surface area (Å²) in [7, 11) is 0. The van der Waals surface area contributed by atoms with Crippen molar-refractivity contribution in [3.63, 3.8) is 0 Å². The first-order valence-electron chi connectivity index (χ1n) is 17.0. The second-order valence-electron chi connectivity index (χ2n) is 13.9. The number of carbonyl (C=O) groups is 1. The second kappa shape index (κ2) is 14.8. The third kappa shape index (κ3) is 7.11. The lowest BCUT2D eigenvalue weighted by Crippen LogP contribution is -2.54. The molecule has 4 aliphatic rings. The van der Waals surface area contributed by atoms with Crippen molar-refractivity contribution in [2.24, 2.45) is 35.0 Å². The third-order valence-corrected chi connectivity index (χ3v) is 12.1. The number of allylic oxidation sites excluding steroid dienone is 2. The number of ether oxygens (including phenoxy) is 1. The molecule has 2 nitrogen and oxygen atoms in total. The van der Waals surface area contributed by atoms with Gasteiger partial charge in [-0.3, -0.25) is 4.79 Å². The Labute approximate surface area is 245 Å². The first-order chi connectivity index (χ1) is 19.0. The molecule has 0 aliphatic heterocycles. The predicted molar refractivity (Wildman–Crippen MR) is 165 cm³/mol. The Morgan fingerprint density at radius 2 is 1.51 bits per heavy atom. The van der Waals surface area contributed by atoms with Crippen molar-refractivity contribution in [3.8, 4) is 12.3 Å². The molecule has 0 saturated heterocycles. The fraction of sp³-hybridized carbons (Fsp3) is 0.861. The number of halogens is 1. The van der Waals surface area contributed by atoms with Crippen LogP contribution in [-0.2, 0) is 9.53 Å². The van der Waals surface area contributed by atoms with E-state index < -0.39 is 11.0 Å². The van der Waals surface area contributed by atoms with Gasteiger partial charge >= 0.3 is 5.97 Å². The van der Waals surface area contributed by atoms with E-state index in [1.165, 1.54) is 96.3 Å². The zero-order chi connectivity index (χ0) is 27.7. The Morgan fingerprint density at radius 1 is 0.872 bits per heavy atom. The summed E-state index contributed by atoms with van der Waals surface area (Å²) < 4.78 is 6.31. The quantitative estimate of drug-likeness (QED) is 0.0659. The highest BCUT2D eigenvalue weighted by atomic mass is 35.5. The van der Waals surface area contributed by atoms with Gasteiger partial charge in [-0.05, 0) is 87.4 Å². The summed E-state index contributed by atoms with van der Waals surface area (Å²) in [4.78, 5) is 13.2. The van der Waals surface area contributed by atoms with Crippen molar-refractivity contribution in [2.45, 2.75) is 160 Å². The molecule has 220 valence electrons. The lowest BCUT2D eigenvalue weighted by molar-refractivity contribution is -0.171. The minimum absolute atomic E-state index is 0.122. The molecule has 4 aliphatic carbocycles. The Hall–Kier alpha value is -0.940. The number of hydrogen-bond donors (Lipinski definition) is 0. The number of hydrogen-bond acceptors (Lipinski definition) is 2. The molecule has 3 heteroatoms. The normalized spacial score (nSPS) is 35.9. The van der Waals surface area contributed by atoms with Crippen LogP contribution in [-0.4, -0.2) is 16.9 Å². The van der Waals surface area contributed by atoms with Gasteiger partial charge in [-0.1, -0.05) is 109 Å². The first-order valence-corrected chi connectivity index (χ1v) is 17.4. The van der Waals surface area contributed by atoms with Gasteiger partial charge in [0.2, 0.25) is 0 Å². The molecule has 0 spiro atoms. The number of esters is 1. The van der Waals surface area contributed by atoms with E-state index in [9.17, 15) is 4.79 Å². The van der Waals surface area contributed by atoms with Crippen LogP contribution < -0.4 is 0 Å². The molecule has 3 saturated carbocycles. The van der Waals surface area contributed by atoms with Gasteiger partial charge in [0.15, 0.2) is 5.60 Å². The molecule has 0 amide bonds. The average Bonchev–Trinajstić information content (AvgIpc) is 3.25. The van der Waals surface area contributed by atoms with Gasteiger partial charge in [-0.25, -0.2) is 0 Å². The topological polar surface area (TPSA) is 26.3 Å². The maximum Gasteiger partial charge on any atom is 0.325 e. The van der Waals surface area contributed by atoms with Gasteiger partial charge in [0.25, 0.3) is 0 Å². The number of terminal acetylenes is 1. The summed E-state index contributed by atoms with van der Waals surface area (Å²) in [5.41, 5.74) is -0.907. The Kier molecular flexibility index (Phi) is 11.8. The average molecular weight is 557 g/mol. The van der Waals surface area contributed by atoms with Crippen molar-refractivity contribution >= 4 is 17.6 Å². The van der Waals surface area contributed by atoms with Crippen molar-refractivity contribution in [1.29, 1.82) is 0 Å². The highest BCUT2D eigenvalue weighted by Gasteiger charge is 2.64. The molecular formula is C36H57ClO2. The standard InChI is InChI=1S/C36H57ClO2/c1-4-6-7-8-9-10-11-12-13-14-15-16-21-33(37)34(38)39-36(5-2)27-25-32-31-23-22-28-19-17-18-20-29(28)30(31)24-26-35(32,36)3/h2,17-18,28-33H,4,6-16,19-27H2,1,3H3/t28?,29-,30+,31+,32-,33?,35-,36-/m0/s1. The number of carbonyl (C=O) groups excluding carboxylic acids is 1. The number of unbranched alkanes of at least 4 members (excludes halogenated alkanes) is 11. The zero-order valence-electron chi connectivity index (χ0n) is 25.2. The summed E-state index contributed by atoms with van der Waals surface area (Å²) in [5, 5.41) is -0.582. The van der Waals surface area contributed by atoms with Crippen LogP contribution in [0.1, 0.15) is 149 Å². The van der Waals surface area contributed by atoms with E-state index in [1.807, 2.05) is 0 Å². The molecule has 2 unspecified atom stereocenters. The number of fused-ring (bicyclic) bond motifs is 5. The van der Waals surface area contributed by atoms with E-state index in [0.29, 0.717) is 12.3 Å². The van der Waals surface area contributed by atoms with E-state index in [0.717, 1.165) is 55.8 Å². The van der Waals surface area contributed by atoms with Crippen LogP contribution in [0.3, 0.4) is 0 Å². The lowest BCUT2D eigenvalue weighted by Gasteiger charge is -2.56. The highest BCUT2D eigenvalue weighted by Crippen LogP contribution is 2.66. The summed E-state index contributed by atoms with van der Waals surface area (Å²) in [6, 6.07) is 0. The minimum Gasteiger partial charge on any atom is -0.444 e. The molecule has 0 aromatic rings.